The van der Waals surface area contributed by atoms with Gasteiger partial charge in [0.25, 0.3) is 0 Å². The van der Waals surface area contributed by atoms with Crippen molar-refractivity contribution in [2.45, 2.75) is 6.92 Å². The first-order valence-electron chi connectivity index (χ1n) is 3.84. The van der Waals surface area contributed by atoms with Crippen molar-refractivity contribution in [1.29, 1.82) is 0 Å². The van der Waals surface area contributed by atoms with E-state index >= 15 is 0 Å². The maximum atomic E-state index is 9.87. The third-order valence-electron chi connectivity index (χ3n) is 1.66. The van der Waals surface area contributed by atoms with Crippen LogP contribution in [0.1, 0.15) is 11.1 Å². The number of amidine groups is 1. The number of nitrogens with zero attached hydrogens (tertiary/aromatic N) is 1. The normalized spacial score (nSPS) is 11.1. The highest BCUT2D eigenvalue weighted by molar-refractivity contribution is 9.10. The smallest absolute Gasteiger partial charge is 0.323 e. The van der Waals surface area contributed by atoms with E-state index in [9.17, 15) is 4.79 Å². The van der Waals surface area contributed by atoms with Crippen LogP contribution in [0.2, 0.25) is 0 Å². The maximum absolute atomic E-state index is 9.87. The predicted molar refractivity (Wildman–Crippen MR) is 56.8 cm³/mol. The van der Waals surface area contributed by atoms with Crippen LogP contribution in [0.15, 0.2) is 27.8 Å². The van der Waals surface area contributed by atoms with Gasteiger partial charge in [-0.25, -0.2) is 0 Å². The monoisotopic (exact) mass is 256 g/mol. The largest absolute Gasteiger partial charge is 0.380 e. The molecule has 14 heavy (non-hydrogen) atoms. The fraction of sp³-hybridized carbons (Fsp3) is 0.111. The number of aryl methyl sites for hydroxylation is 1. The average molecular weight is 257 g/mol. The Hall–Kier alpha value is -1.36. The second-order valence-corrected chi connectivity index (χ2v) is 3.50. The van der Waals surface area contributed by atoms with E-state index in [1.807, 2.05) is 19.1 Å². The summed E-state index contributed by atoms with van der Waals surface area (Å²) < 4.78 is 0.930. The van der Waals surface area contributed by atoms with E-state index in [0.29, 0.717) is 5.56 Å². The summed E-state index contributed by atoms with van der Waals surface area (Å²) in [4.78, 5) is 14.1. The molecule has 1 aromatic rings. The summed E-state index contributed by atoms with van der Waals surface area (Å²) in [5.74, 6) is 0.165. The summed E-state index contributed by atoms with van der Waals surface area (Å²) in [6.07, 6.45) is 0. The van der Waals surface area contributed by atoms with Crippen molar-refractivity contribution in [2.24, 2.45) is 10.9 Å². The quantitative estimate of drug-likeness (QED) is 0.294. The molecule has 0 saturated heterocycles. The molecule has 2 N–H and O–H groups in total. The molecule has 0 amide bonds. The summed E-state index contributed by atoms with van der Waals surface area (Å²) in [6, 6.07) is 5.50. The van der Waals surface area contributed by atoms with Crippen molar-refractivity contribution in [3.05, 3.63) is 33.8 Å². The van der Waals surface area contributed by atoms with Gasteiger partial charge in [-0.05, 0) is 18.6 Å². The van der Waals surface area contributed by atoms with Gasteiger partial charge < -0.3 is 10.6 Å². The van der Waals surface area contributed by atoms with E-state index in [0.717, 1.165) is 10.0 Å². The van der Waals surface area contributed by atoms with Gasteiger partial charge in [-0.3, -0.25) is 4.79 Å². The summed E-state index contributed by atoms with van der Waals surface area (Å²) in [5.41, 5.74) is 7.34. The first kappa shape index (κ1) is 10.7. The van der Waals surface area contributed by atoms with Gasteiger partial charge in [-0.15, -0.1) is 0 Å². The second kappa shape index (κ2) is 4.76. The fourth-order valence-electron chi connectivity index (χ4n) is 0.883. The molecule has 0 aliphatic rings. The van der Waals surface area contributed by atoms with E-state index < -0.39 is 0 Å². The molecule has 4 nitrogen and oxygen atoms in total. The van der Waals surface area contributed by atoms with E-state index in [4.69, 9.17) is 5.73 Å². The Morgan fingerprint density at radius 2 is 2.36 bits per heavy atom. The van der Waals surface area contributed by atoms with Crippen LogP contribution in [0.5, 0.6) is 0 Å². The zero-order chi connectivity index (χ0) is 10.6. The van der Waals surface area contributed by atoms with E-state index in [1.165, 1.54) is 0 Å². The minimum Gasteiger partial charge on any atom is -0.380 e. The van der Waals surface area contributed by atoms with Crippen molar-refractivity contribution >= 4 is 28.2 Å². The molecule has 0 spiro atoms. The minimum atomic E-state index is 0.165. The molecule has 0 aliphatic carbocycles. The number of nitrogens with two attached hydrogens (primary N) is 1. The van der Waals surface area contributed by atoms with E-state index in [2.05, 4.69) is 25.9 Å². The highest BCUT2D eigenvalue weighted by Gasteiger charge is 2.01. The summed E-state index contributed by atoms with van der Waals surface area (Å²) in [7, 11) is 0. The van der Waals surface area contributed by atoms with Gasteiger partial charge in [0.2, 0.25) is 0 Å². The zero-order valence-corrected chi connectivity index (χ0v) is 9.11. The highest BCUT2D eigenvalue weighted by Crippen LogP contribution is 2.17. The van der Waals surface area contributed by atoms with Crippen LogP contribution >= 0.6 is 15.9 Å². The molecular weight excluding hydrogens is 248 g/mol. The highest BCUT2D eigenvalue weighted by atomic mass is 79.9. The van der Waals surface area contributed by atoms with E-state index in [-0.39, 0.29) is 12.3 Å². The number of benzene rings is 1. The molecule has 0 aliphatic heterocycles. The Morgan fingerprint density at radius 1 is 1.64 bits per heavy atom. The van der Waals surface area contributed by atoms with Crippen molar-refractivity contribution in [1.82, 2.24) is 0 Å². The number of hydrogen-bond donors (Lipinski definition) is 1. The Labute approximate surface area is 89.9 Å². The Balaban J connectivity index is 2.96. The first-order chi connectivity index (χ1) is 6.65. The predicted octanol–water partition coefficient (Wildman–Crippen LogP) is 1.55. The first-order valence-corrected chi connectivity index (χ1v) is 4.64. The number of carbonyl (C=O) groups excluding carboxylic acids is 1. The Morgan fingerprint density at radius 3 is 2.93 bits per heavy atom. The number of halogens is 1. The molecule has 0 aromatic heterocycles. The summed E-state index contributed by atoms with van der Waals surface area (Å²) in [6.45, 7) is 2.18. The van der Waals surface area contributed by atoms with Crippen LogP contribution in [0.25, 0.3) is 0 Å². The molecule has 74 valence electrons. The van der Waals surface area contributed by atoms with Gasteiger partial charge in [-0.1, -0.05) is 33.2 Å². The SMILES string of the molecule is Cc1ccc(/C(N)=N/OC=O)cc1Br. The number of oxime groups is 1. The summed E-state index contributed by atoms with van der Waals surface area (Å²) >= 11 is 3.36. The van der Waals surface area contributed by atoms with Crippen molar-refractivity contribution < 1.29 is 9.63 Å². The van der Waals surface area contributed by atoms with Gasteiger partial charge in [0, 0.05) is 10.0 Å². The van der Waals surface area contributed by atoms with Crippen LogP contribution in [0.3, 0.4) is 0 Å². The van der Waals surface area contributed by atoms with Gasteiger partial charge in [0.15, 0.2) is 5.84 Å². The molecule has 0 saturated carbocycles. The molecule has 5 heteroatoms. The summed E-state index contributed by atoms with van der Waals surface area (Å²) in [5, 5.41) is 3.39. The van der Waals surface area contributed by atoms with Gasteiger partial charge in [-0.2, -0.15) is 0 Å². The number of rotatable bonds is 3. The average Bonchev–Trinajstić information content (AvgIpc) is 2.18. The maximum Gasteiger partial charge on any atom is 0.323 e. The topological polar surface area (TPSA) is 64.7 Å². The Bertz CT molecular complexity index is 377. The van der Waals surface area contributed by atoms with Gasteiger partial charge in [0.1, 0.15) is 0 Å². The molecule has 0 radical (unpaired) electrons. The third kappa shape index (κ3) is 2.56. The van der Waals surface area contributed by atoms with E-state index in [1.54, 1.807) is 6.07 Å². The molecule has 0 unspecified atom stereocenters. The van der Waals surface area contributed by atoms with Crippen LogP contribution in [-0.4, -0.2) is 12.3 Å². The van der Waals surface area contributed by atoms with Crippen molar-refractivity contribution in [3.63, 3.8) is 0 Å². The van der Waals surface area contributed by atoms with Gasteiger partial charge in [0.05, 0.1) is 0 Å². The van der Waals surface area contributed by atoms with Crippen molar-refractivity contribution in [3.8, 4) is 0 Å². The zero-order valence-electron chi connectivity index (χ0n) is 7.53. The van der Waals surface area contributed by atoms with Crippen molar-refractivity contribution in [2.75, 3.05) is 0 Å². The van der Waals surface area contributed by atoms with Crippen LogP contribution in [0.4, 0.5) is 0 Å². The van der Waals surface area contributed by atoms with Crippen LogP contribution < -0.4 is 5.73 Å². The molecule has 0 bridgehead atoms. The lowest BCUT2D eigenvalue weighted by Crippen LogP contribution is -2.13. The molecule has 1 aromatic carbocycles. The lowest BCUT2D eigenvalue weighted by molar-refractivity contribution is -0.128. The molecule has 0 atom stereocenters. The standard InChI is InChI=1S/C9H9BrN2O2/c1-6-2-3-7(4-8(6)10)9(11)12-14-5-13/h2-5H,1H3,(H2,11,12). The third-order valence-corrected chi connectivity index (χ3v) is 2.52. The van der Waals surface area contributed by atoms with Gasteiger partial charge >= 0.3 is 6.47 Å². The number of carbonyl (C=O) groups is 1. The molecule has 0 heterocycles. The molecule has 0 fully saturated rings. The number of hydrogen-bond acceptors (Lipinski definition) is 3. The lowest BCUT2D eigenvalue weighted by Gasteiger charge is -2.02. The Kier molecular flexibility index (Phi) is 3.64. The minimum absolute atomic E-state index is 0.165. The molecular formula is C9H9BrN2O2. The fourth-order valence-corrected chi connectivity index (χ4v) is 1.26. The molecule has 1 rings (SSSR count). The second-order valence-electron chi connectivity index (χ2n) is 2.64. The van der Waals surface area contributed by atoms with Crippen LogP contribution in [-0.2, 0) is 9.63 Å². The van der Waals surface area contributed by atoms with Crippen LogP contribution in [0, 0.1) is 6.92 Å². The lowest BCUT2D eigenvalue weighted by atomic mass is 10.1.